The van der Waals surface area contributed by atoms with E-state index < -0.39 is 5.76 Å². The van der Waals surface area contributed by atoms with Crippen LogP contribution in [0, 0.1) is 6.92 Å². The number of oxazole rings is 1. The molecule has 0 bridgehead atoms. The monoisotopic (exact) mass is 468 g/mol. The highest BCUT2D eigenvalue weighted by atomic mass is 16.5. The summed E-state index contributed by atoms with van der Waals surface area (Å²) >= 11 is 0. The van der Waals surface area contributed by atoms with Crippen molar-refractivity contribution in [3.8, 4) is 11.7 Å². The molecule has 1 amide bonds. The molecule has 0 saturated heterocycles. The maximum Gasteiger partial charge on any atom is 0.425 e. The summed E-state index contributed by atoms with van der Waals surface area (Å²) in [5, 5.41) is 13.1. The van der Waals surface area contributed by atoms with Crippen LogP contribution in [0.15, 0.2) is 33.9 Å². The van der Waals surface area contributed by atoms with Crippen molar-refractivity contribution in [2.45, 2.75) is 38.6 Å². The lowest BCUT2D eigenvalue weighted by molar-refractivity contribution is -0.123. The van der Waals surface area contributed by atoms with Gasteiger partial charge in [0.2, 0.25) is 0 Å². The van der Waals surface area contributed by atoms with E-state index in [2.05, 4.69) is 38.6 Å². The highest BCUT2D eigenvalue weighted by Crippen LogP contribution is 2.24. The molecule has 12 nitrogen and oxygen atoms in total. The number of hydrogen-bond donors (Lipinski definition) is 3. The molecule has 0 saturated carbocycles. The van der Waals surface area contributed by atoms with E-state index >= 15 is 0 Å². The number of aromatic nitrogens is 4. The Morgan fingerprint density at radius 3 is 2.94 bits per heavy atom. The maximum absolute atomic E-state index is 12.3. The average Bonchev–Trinajstić information content (AvgIpc) is 3.40. The molecule has 178 valence electrons. The van der Waals surface area contributed by atoms with Gasteiger partial charge in [0.15, 0.2) is 18.2 Å². The third-order valence-electron chi connectivity index (χ3n) is 5.58. The molecular weight excluding hydrogens is 444 g/mol. The zero-order chi connectivity index (χ0) is 24.1. The van der Waals surface area contributed by atoms with Gasteiger partial charge in [-0.25, -0.2) is 19.3 Å². The first-order chi connectivity index (χ1) is 16.5. The van der Waals surface area contributed by atoms with Gasteiger partial charge in [-0.3, -0.25) is 14.6 Å². The number of pyridine rings is 1. The van der Waals surface area contributed by atoms with Gasteiger partial charge in [-0.05, 0) is 49.9 Å². The van der Waals surface area contributed by atoms with Crippen molar-refractivity contribution in [1.29, 1.82) is 0 Å². The van der Waals surface area contributed by atoms with Gasteiger partial charge in [-0.2, -0.15) is 0 Å². The molecule has 1 aliphatic heterocycles. The average molecular weight is 468 g/mol. The van der Waals surface area contributed by atoms with Crippen LogP contribution < -0.4 is 21.1 Å². The van der Waals surface area contributed by atoms with Crippen LogP contribution in [-0.2, 0) is 28.9 Å². The lowest BCUT2D eigenvalue weighted by Gasteiger charge is -2.15. The van der Waals surface area contributed by atoms with Crippen LogP contribution in [0.3, 0.4) is 0 Å². The Labute approximate surface area is 194 Å². The Morgan fingerprint density at radius 1 is 1.32 bits per heavy atom. The first kappa shape index (κ1) is 23.1. The third kappa shape index (κ3) is 5.12. The number of nitrogens with one attached hydrogen (secondary N) is 2. The molecule has 3 aromatic rings. The molecular formula is C22H24N6O6. The molecule has 1 aliphatic carbocycles. The summed E-state index contributed by atoms with van der Waals surface area (Å²) < 4.78 is 11.8. The Kier molecular flexibility index (Phi) is 6.97. The van der Waals surface area contributed by atoms with Crippen molar-refractivity contribution in [2.75, 3.05) is 18.5 Å². The molecule has 0 spiro atoms. The summed E-state index contributed by atoms with van der Waals surface area (Å²) in [5.74, 6) is 0.386. The van der Waals surface area contributed by atoms with Gasteiger partial charge in [0.1, 0.15) is 5.76 Å². The minimum absolute atomic E-state index is 0.103. The molecule has 12 heteroatoms. The van der Waals surface area contributed by atoms with Crippen LogP contribution in [-0.4, -0.2) is 56.2 Å². The molecule has 34 heavy (non-hydrogen) atoms. The quantitative estimate of drug-likeness (QED) is 0.346. The molecule has 1 unspecified atom stereocenters. The highest BCUT2D eigenvalue weighted by molar-refractivity contribution is 5.93. The first-order valence-electron chi connectivity index (χ1n) is 10.7. The molecule has 0 aromatic carbocycles. The van der Waals surface area contributed by atoms with Gasteiger partial charge in [0.05, 0.1) is 12.4 Å². The van der Waals surface area contributed by atoms with E-state index in [4.69, 9.17) is 19.1 Å². The Bertz CT molecular complexity index is 1250. The Morgan fingerprint density at radius 2 is 2.15 bits per heavy atom. The van der Waals surface area contributed by atoms with Gasteiger partial charge in [0.25, 0.3) is 18.3 Å². The zero-order valence-corrected chi connectivity index (χ0v) is 18.5. The molecule has 2 aliphatic rings. The molecule has 3 N–H and O–H groups in total. The van der Waals surface area contributed by atoms with Gasteiger partial charge >= 0.3 is 5.76 Å². The SMILES string of the molecule is Cc1nccc2c1CC(NCCCc1cn(-c3cnc4c(n3)NC(=O)CO4)c(=O)o1)C2.O=CO. The number of aryl methyl sites for hydroxylation is 2. The first-order valence-corrected chi connectivity index (χ1v) is 10.7. The van der Waals surface area contributed by atoms with Gasteiger partial charge in [-0.1, -0.05) is 0 Å². The molecule has 5 rings (SSSR count). The van der Waals surface area contributed by atoms with E-state index in [-0.39, 0.29) is 36.5 Å². The number of rotatable bonds is 6. The summed E-state index contributed by atoms with van der Waals surface area (Å²) in [6, 6.07) is 2.51. The number of carbonyl (C=O) groups is 2. The molecule has 4 heterocycles. The summed E-state index contributed by atoms with van der Waals surface area (Å²) in [6.45, 7) is 2.53. The molecule has 0 fully saturated rings. The lowest BCUT2D eigenvalue weighted by Crippen LogP contribution is -2.30. The minimum Gasteiger partial charge on any atom is -0.483 e. The van der Waals surface area contributed by atoms with Gasteiger partial charge in [-0.15, -0.1) is 0 Å². The van der Waals surface area contributed by atoms with Crippen LogP contribution in [0.25, 0.3) is 5.82 Å². The summed E-state index contributed by atoms with van der Waals surface area (Å²) in [6.07, 6.45) is 8.36. The smallest absolute Gasteiger partial charge is 0.425 e. The van der Waals surface area contributed by atoms with E-state index in [1.165, 1.54) is 21.9 Å². The van der Waals surface area contributed by atoms with Crippen molar-refractivity contribution >= 4 is 18.2 Å². The second-order valence-electron chi connectivity index (χ2n) is 7.85. The second kappa shape index (κ2) is 10.3. The number of anilines is 1. The van der Waals surface area contributed by atoms with Crippen LogP contribution >= 0.6 is 0 Å². The van der Waals surface area contributed by atoms with Gasteiger partial charge < -0.3 is 24.9 Å². The third-order valence-corrected chi connectivity index (χ3v) is 5.58. The predicted octanol–water partition coefficient (Wildman–Crippen LogP) is 0.645. The van der Waals surface area contributed by atoms with Crippen LogP contribution in [0.5, 0.6) is 5.88 Å². The van der Waals surface area contributed by atoms with E-state index in [0.717, 1.165) is 31.5 Å². The number of fused-ring (bicyclic) bond motifs is 2. The molecule has 0 radical (unpaired) electrons. The zero-order valence-electron chi connectivity index (χ0n) is 18.5. The number of hydrogen-bond acceptors (Lipinski definition) is 9. The normalized spacial score (nSPS) is 15.9. The fourth-order valence-electron chi connectivity index (χ4n) is 4.05. The minimum atomic E-state index is -0.547. The Balaban J connectivity index is 0.000000868. The standard InChI is InChI=1S/C21H22N6O4.CH2O2/c1-12-16-8-14(7-13(16)4-6-22-12)23-5-2-3-15-10-27(21(29)31-15)17-9-24-20-19(25-17)26-18(28)11-30-20;2-1-3/h4,6,9-10,14,23H,2-3,5,7-8,11H2,1H3,(H,25,26,28);1H,(H,2,3). The number of amides is 1. The second-order valence-corrected chi connectivity index (χ2v) is 7.85. The van der Waals surface area contributed by atoms with E-state index in [9.17, 15) is 9.59 Å². The van der Waals surface area contributed by atoms with Crippen LogP contribution in [0.4, 0.5) is 5.82 Å². The largest absolute Gasteiger partial charge is 0.483 e. The van der Waals surface area contributed by atoms with Crippen molar-refractivity contribution in [1.82, 2.24) is 24.8 Å². The number of carboxylic acid groups (broad SMARTS) is 1. The number of nitrogens with zero attached hydrogens (tertiary/aromatic N) is 4. The summed E-state index contributed by atoms with van der Waals surface area (Å²) in [5.41, 5.74) is 3.85. The highest BCUT2D eigenvalue weighted by Gasteiger charge is 2.23. The topological polar surface area (TPSA) is 161 Å². The molecule has 3 aromatic heterocycles. The summed E-state index contributed by atoms with van der Waals surface area (Å²) in [4.78, 5) is 44.8. The summed E-state index contributed by atoms with van der Waals surface area (Å²) in [7, 11) is 0. The van der Waals surface area contributed by atoms with Crippen molar-refractivity contribution < 1.29 is 23.8 Å². The van der Waals surface area contributed by atoms with E-state index in [1.54, 1.807) is 6.20 Å². The molecule has 1 atom stereocenters. The number of carbonyl (C=O) groups excluding carboxylic acids is 1. The van der Waals surface area contributed by atoms with Crippen LogP contribution in [0.1, 0.15) is 29.0 Å². The number of ether oxygens (including phenoxy) is 1. The van der Waals surface area contributed by atoms with E-state index in [0.29, 0.717) is 18.2 Å². The fraction of sp³-hybridized carbons (Fsp3) is 0.364. The van der Waals surface area contributed by atoms with Gasteiger partial charge in [0, 0.05) is 24.4 Å². The van der Waals surface area contributed by atoms with Crippen LogP contribution in [0.2, 0.25) is 0 Å². The van der Waals surface area contributed by atoms with E-state index in [1.807, 2.05) is 6.20 Å². The fourth-order valence-corrected chi connectivity index (χ4v) is 4.05. The maximum atomic E-state index is 12.3. The Hall–Kier alpha value is -4.06. The predicted molar refractivity (Wildman–Crippen MR) is 119 cm³/mol. The van der Waals surface area contributed by atoms with Crippen molar-refractivity contribution in [3.05, 3.63) is 57.8 Å². The van der Waals surface area contributed by atoms with Crippen molar-refractivity contribution in [2.24, 2.45) is 0 Å². The lowest BCUT2D eigenvalue weighted by atomic mass is 10.1. The van der Waals surface area contributed by atoms with Crippen molar-refractivity contribution in [3.63, 3.8) is 0 Å².